The number of halogens is 2. The second kappa shape index (κ2) is 6.89. The maximum atomic E-state index is 14.5. The summed E-state index contributed by atoms with van der Waals surface area (Å²) in [6.45, 7) is 3.75. The molecule has 0 spiro atoms. The smallest absolute Gasteiger partial charge is 0.237 e. The van der Waals surface area contributed by atoms with Crippen LogP contribution in [0, 0.1) is 11.6 Å². The van der Waals surface area contributed by atoms with Crippen LogP contribution in [0.1, 0.15) is 19.2 Å². The predicted molar refractivity (Wildman–Crippen MR) is 110 cm³/mol. The van der Waals surface area contributed by atoms with Crippen molar-refractivity contribution >= 4 is 5.82 Å². The van der Waals surface area contributed by atoms with Crippen molar-refractivity contribution in [3.05, 3.63) is 60.6 Å². The lowest BCUT2D eigenvalue weighted by Gasteiger charge is -2.49. The highest BCUT2D eigenvalue weighted by atomic mass is 19.1. The van der Waals surface area contributed by atoms with Gasteiger partial charge in [-0.15, -0.1) is 10.2 Å². The number of benzene rings is 1. The topological polar surface area (TPSA) is 86.8 Å². The molecular formula is C21H18F2N8O. The minimum atomic E-state index is -0.706. The van der Waals surface area contributed by atoms with E-state index in [1.54, 1.807) is 23.3 Å². The first-order chi connectivity index (χ1) is 15.6. The van der Waals surface area contributed by atoms with E-state index in [4.69, 9.17) is 9.72 Å². The number of hydrogen-bond donors (Lipinski definition) is 0. The van der Waals surface area contributed by atoms with Crippen molar-refractivity contribution < 1.29 is 13.5 Å². The Kier molecular flexibility index (Phi) is 4.09. The zero-order chi connectivity index (χ0) is 21.9. The van der Waals surface area contributed by atoms with Crippen molar-refractivity contribution in [2.24, 2.45) is 0 Å². The van der Waals surface area contributed by atoms with Crippen LogP contribution >= 0.6 is 0 Å². The molecule has 9 nitrogen and oxygen atoms in total. The molecule has 11 heteroatoms. The quantitative estimate of drug-likeness (QED) is 0.488. The van der Waals surface area contributed by atoms with E-state index in [-0.39, 0.29) is 11.4 Å². The van der Waals surface area contributed by atoms with Gasteiger partial charge in [-0.05, 0) is 18.6 Å². The fraction of sp³-hybridized carbons (Fsp3) is 0.286. The van der Waals surface area contributed by atoms with E-state index in [0.717, 1.165) is 24.0 Å². The summed E-state index contributed by atoms with van der Waals surface area (Å²) in [5, 5.41) is 8.49. The Balaban J connectivity index is 1.52. The average Bonchev–Trinajstić information content (AvgIpc) is 3.49. The number of hydrogen-bond acceptors (Lipinski definition) is 7. The summed E-state index contributed by atoms with van der Waals surface area (Å²) in [6, 6.07) is 3.39. The van der Waals surface area contributed by atoms with E-state index in [1.807, 2.05) is 4.57 Å². The first-order valence-electron chi connectivity index (χ1n) is 10.2. The number of fused-ring (bicyclic) bond motifs is 6. The molecule has 1 fully saturated rings. The average molecular weight is 436 g/mol. The highest BCUT2D eigenvalue weighted by Gasteiger charge is 2.49. The Hall–Kier alpha value is -3.73. The Morgan fingerprint density at radius 1 is 1.19 bits per heavy atom. The molecule has 1 saturated heterocycles. The van der Waals surface area contributed by atoms with Gasteiger partial charge in [0, 0.05) is 25.0 Å². The number of morpholine rings is 1. The standard InChI is InChI=1S/C21H18F2N8O/c1-2-21-11-32-8-7-31(21)18-16(30-12-26-28-19(21)30)10-25-20(27-18)29-6-5-24-17(29)14-4-3-13(22)9-15(14)23/h3-6,9-10,12H,2,7-8,11H2,1H3/t21-/m0/s1. The van der Waals surface area contributed by atoms with Gasteiger partial charge in [0.05, 0.1) is 25.0 Å². The first kappa shape index (κ1) is 19.0. The Morgan fingerprint density at radius 3 is 2.94 bits per heavy atom. The highest BCUT2D eigenvalue weighted by molar-refractivity contribution is 5.65. The van der Waals surface area contributed by atoms with E-state index in [2.05, 4.69) is 32.0 Å². The Morgan fingerprint density at radius 2 is 2.09 bits per heavy atom. The number of anilines is 1. The molecule has 4 aromatic rings. The van der Waals surface area contributed by atoms with Crippen LogP contribution in [0.3, 0.4) is 0 Å². The van der Waals surface area contributed by atoms with Crippen LogP contribution in [0.5, 0.6) is 0 Å². The highest BCUT2D eigenvalue weighted by Crippen LogP contribution is 2.44. The molecule has 6 rings (SSSR count). The maximum Gasteiger partial charge on any atom is 0.237 e. The molecule has 0 radical (unpaired) electrons. The molecule has 32 heavy (non-hydrogen) atoms. The lowest BCUT2D eigenvalue weighted by atomic mass is 9.90. The molecule has 0 unspecified atom stereocenters. The minimum absolute atomic E-state index is 0.160. The molecule has 2 aliphatic heterocycles. The van der Waals surface area contributed by atoms with Gasteiger partial charge in [0.15, 0.2) is 11.6 Å². The third-order valence-corrected chi connectivity index (χ3v) is 6.15. The van der Waals surface area contributed by atoms with E-state index in [9.17, 15) is 8.78 Å². The van der Waals surface area contributed by atoms with Crippen molar-refractivity contribution in [3.8, 4) is 23.0 Å². The van der Waals surface area contributed by atoms with Crippen LogP contribution in [0.15, 0.2) is 43.1 Å². The molecule has 0 bridgehead atoms. The number of rotatable bonds is 3. The van der Waals surface area contributed by atoms with E-state index in [0.29, 0.717) is 31.5 Å². The fourth-order valence-corrected chi connectivity index (χ4v) is 4.54. The fourth-order valence-electron chi connectivity index (χ4n) is 4.54. The summed E-state index contributed by atoms with van der Waals surface area (Å²) in [7, 11) is 0. The zero-order valence-electron chi connectivity index (χ0n) is 17.1. The number of aromatic nitrogens is 7. The SMILES string of the molecule is CC[C@@]12COCCN1c1nc(-n3ccnc3-c3ccc(F)cc3F)ncc1-n1cnnc12. The third kappa shape index (κ3) is 2.54. The molecule has 0 amide bonds. The van der Waals surface area contributed by atoms with Crippen molar-refractivity contribution in [2.75, 3.05) is 24.7 Å². The minimum Gasteiger partial charge on any atom is -0.377 e. The van der Waals surface area contributed by atoms with Crippen LogP contribution in [0.4, 0.5) is 14.6 Å². The van der Waals surface area contributed by atoms with Crippen LogP contribution in [-0.2, 0) is 10.3 Å². The molecule has 0 aliphatic carbocycles. The Bertz CT molecular complexity index is 1340. The van der Waals surface area contributed by atoms with Crippen LogP contribution < -0.4 is 4.90 Å². The van der Waals surface area contributed by atoms with Crippen LogP contribution in [-0.4, -0.2) is 54.0 Å². The third-order valence-electron chi connectivity index (χ3n) is 6.15. The van der Waals surface area contributed by atoms with E-state index >= 15 is 0 Å². The van der Waals surface area contributed by atoms with Gasteiger partial charge < -0.3 is 9.64 Å². The number of imidazole rings is 1. The zero-order valence-corrected chi connectivity index (χ0v) is 17.1. The molecule has 162 valence electrons. The molecule has 0 N–H and O–H groups in total. The molecular weight excluding hydrogens is 418 g/mol. The van der Waals surface area contributed by atoms with Gasteiger partial charge in [0.2, 0.25) is 5.95 Å². The summed E-state index contributed by atoms with van der Waals surface area (Å²) in [5.41, 5.74) is 0.427. The largest absolute Gasteiger partial charge is 0.377 e. The van der Waals surface area contributed by atoms with Gasteiger partial charge in [0.1, 0.15) is 35.0 Å². The van der Waals surface area contributed by atoms with Crippen LogP contribution in [0.2, 0.25) is 0 Å². The number of ether oxygens (including phenoxy) is 1. The van der Waals surface area contributed by atoms with E-state index < -0.39 is 17.2 Å². The summed E-state index contributed by atoms with van der Waals surface area (Å²) >= 11 is 0. The van der Waals surface area contributed by atoms with Gasteiger partial charge >= 0.3 is 0 Å². The van der Waals surface area contributed by atoms with Crippen molar-refractivity contribution in [1.82, 2.24) is 34.3 Å². The normalized spacial score (nSPS) is 19.4. The lowest BCUT2D eigenvalue weighted by molar-refractivity contribution is 0.0390. The van der Waals surface area contributed by atoms with Gasteiger partial charge in [-0.1, -0.05) is 6.92 Å². The van der Waals surface area contributed by atoms with Crippen molar-refractivity contribution in [1.29, 1.82) is 0 Å². The monoisotopic (exact) mass is 436 g/mol. The predicted octanol–water partition coefficient (Wildman–Crippen LogP) is 2.64. The summed E-state index contributed by atoms with van der Waals surface area (Å²) in [4.78, 5) is 15.8. The first-order valence-corrected chi connectivity index (χ1v) is 10.2. The summed E-state index contributed by atoms with van der Waals surface area (Å²) < 4.78 is 37.2. The molecule has 5 heterocycles. The molecule has 2 aliphatic rings. The molecule has 3 aromatic heterocycles. The summed E-state index contributed by atoms with van der Waals surface area (Å²) in [5.74, 6) is 0.761. The van der Waals surface area contributed by atoms with Crippen molar-refractivity contribution in [2.45, 2.75) is 18.9 Å². The molecule has 1 aromatic carbocycles. The molecule has 1 atom stereocenters. The second-order valence-electron chi connectivity index (χ2n) is 7.74. The summed E-state index contributed by atoms with van der Waals surface area (Å²) in [6.07, 6.45) is 7.28. The van der Waals surface area contributed by atoms with Gasteiger partial charge in [-0.2, -0.15) is 4.98 Å². The van der Waals surface area contributed by atoms with Gasteiger partial charge in [-0.3, -0.25) is 9.13 Å². The van der Waals surface area contributed by atoms with Gasteiger partial charge in [0.25, 0.3) is 0 Å². The number of nitrogens with zero attached hydrogens (tertiary/aromatic N) is 8. The lowest BCUT2D eigenvalue weighted by Crippen LogP contribution is -2.58. The van der Waals surface area contributed by atoms with Crippen molar-refractivity contribution in [3.63, 3.8) is 0 Å². The Labute approximate surface area is 181 Å². The van der Waals surface area contributed by atoms with Crippen LogP contribution in [0.25, 0.3) is 23.0 Å². The maximum absolute atomic E-state index is 14.5. The molecule has 0 saturated carbocycles. The van der Waals surface area contributed by atoms with Gasteiger partial charge in [-0.25, -0.2) is 18.7 Å². The van der Waals surface area contributed by atoms with E-state index in [1.165, 1.54) is 18.3 Å². The second-order valence-corrected chi connectivity index (χ2v) is 7.74.